The van der Waals surface area contributed by atoms with Crippen molar-refractivity contribution in [1.82, 2.24) is 0 Å². The molecule has 16 heavy (non-hydrogen) atoms. The molecule has 0 amide bonds. The quantitative estimate of drug-likeness (QED) is 0.765. The number of rotatable bonds is 4. The second-order valence-electron chi connectivity index (χ2n) is 4.09. The highest BCUT2D eigenvalue weighted by atomic mass is 14.3. The minimum Gasteiger partial charge on any atom is -0.198 e. The molecule has 2 heteroatoms. The summed E-state index contributed by atoms with van der Waals surface area (Å²) >= 11 is 0. The third-order valence-electron chi connectivity index (χ3n) is 3.09. The van der Waals surface area contributed by atoms with Crippen molar-refractivity contribution in [2.45, 2.75) is 32.6 Å². The molecule has 0 saturated heterocycles. The molecule has 0 N–H and O–H groups in total. The van der Waals surface area contributed by atoms with Crippen LogP contribution in [0.3, 0.4) is 0 Å². The van der Waals surface area contributed by atoms with Gasteiger partial charge >= 0.3 is 0 Å². The van der Waals surface area contributed by atoms with Gasteiger partial charge in [-0.05, 0) is 29.5 Å². The number of hydrogen-bond donors (Lipinski definition) is 0. The van der Waals surface area contributed by atoms with Gasteiger partial charge in [-0.3, -0.25) is 0 Å². The highest BCUT2D eigenvalue weighted by Crippen LogP contribution is 2.30. The summed E-state index contributed by atoms with van der Waals surface area (Å²) in [5.74, 6) is 0.705. The fourth-order valence-electron chi connectivity index (χ4n) is 1.87. The molecule has 0 aromatic heterocycles. The maximum atomic E-state index is 8.85. The summed E-state index contributed by atoms with van der Waals surface area (Å²) in [4.78, 5) is 0. The lowest BCUT2D eigenvalue weighted by molar-refractivity contribution is 0.451. The molecule has 0 saturated carbocycles. The van der Waals surface area contributed by atoms with Crippen molar-refractivity contribution < 1.29 is 0 Å². The van der Waals surface area contributed by atoms with Gasteiger partial charge in [0.05, 0.1) is 17.7 Å². The van der Waals surface area contributed by atoms with Crippen LogP contribution in [0.25, 0.3) is 0 Å². The van der Waals surface area contributed by atoms with E-state index in [9.17, 15) is 0 Å². The average Bonchev–Trinajstić information content (AvgIpc) is 2.35. The SMILES string of the molecule is CCC(C)C(CC#N)c1cccc(C#N)c1. The monoisotopic (exact) mass is 212 g/mol. The summed E-state index contributed by atoms with van der Waals surface area (Å²) < 4.78 is 0. The fraction of sp³-hybridized carbons (Fsp3) is 0.429. The minimum absolute atomic E-state index is 0.239. The number of benzene rings is 1. The Balaban J connectivity index is 3.02. The van der Waals surface area contributed by atoms with Crippen LogP contribution >= 0.6 is 0 Å². The van der Waals surface area contributed by atoms with E-state index in [0.717, 1.165) is 12.0 Å². The first-order chi connectivity index (χ1) is 7.72. The fourth-order valence-corrected chi connectivity index (χ4v) is 1.87. The van der Waals surface area contributed by atoms with Crippen molar-refractivity contribution in [3.8, 4) is 12.1 Å². The molecule has 2 nitrogen and oxygen atoms in total. The predicted octanol–water partition coefficient (Wildman–Crippen LogP) is 3.60. The van der Waals surface area contributed by atoms with E-state index in [4.69, 9.17) is 10.5 Å². The Morgan fingerprint density at radius 3 is 2.62 bits per heavy atom. The minimum atomic E-state index is 0.239. The Labute approximate surface area is 97.1 Å². The first kappa shape index (κ1) is 12.3. The summed E-state index contributed by atoms with van der Waals surface area (Å²) in [7, 11) is 0. The smallest absolute Gasteiger partial charge is 0.0991 e. The Bertz CT molecular complexity index is 423. The average molecular weight is 212 g/mol. The molecule has 0 aliphatic rings. The van der Waals surface area contributed by atoms with Gasteiger partial charge in [0, 0.05) is 6.42 Å². The molecule has 1 rings (SSSR count). The summed E-state index contributed by atoms with van der Waals surface area (Å²) in [6.45, 7) is 4.28. The van der Waals surface area contributed by atoms with Crippen molar-refractivity contribution in [3.05, 3.63) is 35.4 Å². The van der Waals surface area contributed by atoms with Crippen molar-refractivity contribution in [2.75, 3.05) is 0 Å². The third kappa shape index (κ3) is 2.84. The van der Waals surface area contributed by atoms with E-state index in [1.165, 1.54) is 0 Å². The lowest BCUT2D eigenvalue weighted by Gasteiger charge is -2.20. The van der Waals surface area contributed by atoms with Crippen LogP contribution < -0.4 is 0 Å². The van der Waals surface area contributed by atoms with Crippen molar-refractivity contribution in [1.29, 1.82) is 10.5 Å². The standard InChI is InChI=1S/C14H16N2/c1-3-11(2)14(7-8-15)13-6-4-5-12(9-13)10-16/h4-6,9,11,14H,3,7H2,1-2H3. The van der Waals surface area contributed by atoms with Gasteiger partial charge in [-0.25, -0.2) is 0 Å². The molecule has 1 aromatic rings. The predicted molar refractivity (Wildman–Crippen MR) is 63.6 cm³/mol. The number of nitriles is 2. The molecule has 0 aliphatic heterocycles. The second kappa shape index (κ2) is 5.93. The van der Waals surface area contributed by atoms with Gasteiger partial charge in [-0.2, -0.15) is 10.5 Å². The van der Waals surface area contributed by atoms with Crippen LogP contribution in [0, 0.1) is 28.6 Å². The normalized spacial score (nSPS) is 13.5. The highest BCUT2D eigenvalue weighted by molar-refractivity contribution is 5.35. The van der Waals surface area contributed by atoms with Gasteiger partial charge in [-0.1, -0.05) is 32.4 Å². The molecule has 1 aromatic carbocycles. The van der Waals surface area contributed by atoms with E-state index < -0.39 is 0 Å². The van der Waals surface area contributed by atoms with Gasteiger partial charge in [0.2, 0.25) is 0 Å². The van der Waals surface area contributed by atoms with Gasteiger partial charge in [0.1, 0.15) is 0 Å². The zero-order valence-electron chi connectivity index (χ0n) is 9.77. The maximum absolute atomic E-state index is 8.85. The van der Waals surface area contributed by atoms with E-state index >= 15 is 0 Å². The van der Waals surface area contributed by atoms with Gasteiger partial charge < -0.3 is 0 Å². The van der Waals surface area contributed by atoms with Crippen LogP contribution in [0.15, 0.2) is 24.3 Å². The van der Waals surface area contributed by atoms with E-state index in [-0.39, 0.29) is 5.92 Å². The van der Waals surface area contributed by atoms with E-state index in [2.05, 4.69) is 26.0 Å². The first-order valence-corrected chi connectivity index (χ1v) is 5.60. The van der Waals surface area contributed by atoms with E-state index in [1.807, 2.05) is 18.2 Å². The Kier molecular flexibility index (Phi) is 4.55. The highest BCUT2D eigenvalue weighted by Gasteiger charge is 2.17. The summed E-state index contributed by atoms with van der Waals surface area (Å²) in [6.07, 6.45) is 1.56. The molecule has 0 radical (unpaired) electrons. The van der Waals surface area contributed by atoms with Crippen LogP contribution in [0.4, 0.5) is 0 Å². The van der Waals surface area contributed by atoms with Crippen LogP contribution in [-0.4, -0.2) is 0 Å². The topological polar surface area (TPSA) is 47.6 Å². The molecule has 2 atom stereocenters. The van der Waals surface area contributed by atoms with Crippen LogP contribution in [0.1, 0.15) is 43.7 Å². The molecular formula is C14H16N2. The van der Waals surface area contributed by atoms with Gasteiger partial charge in [-0.15, -0.1) is 0 Å². The Hall–Kier alpha value is -1.80. The zero-order valence-corrected chi connectivity index (χ0v) is 9.77. The summed E-state index contributed by atoms with van der Waals surface area (Å²) in [5, 5.41) is 17.7. The summed E-state index contributed by atoms with van der Waals surface area (Å²) in [6, 6.07) is 12.0. The Morgan fingerprint density at radius 1 is 1.31 bits per heavy atom. The van der Waals surface area contributed by atoms with Gasteiger partial charge in [0.25, 0.3) is 0 Å². The third-order valence-corrected chi connectivity index (χ3v) is 3.09. The van der Waals surface area contributed by atoms with Crippen LogP contribution in [-0.2, 0) is 0 Å². The Morgan fingerprint density at radius 2 is 2.06 bits per heavy atom. The molecular weight excluding hydrogens is 196 g/mol. The maximum Gasteiger partial charge on any atom is 0.0991 e. The lowest BCUT2D eigenvalue weighted by atomic mass is 9.83. The van der Waals surface area contributed by atoms with Crippen LogP contribution in [0.5, 0.6) is 0 Å². The largest absolute Gasteiger partial charge is 0.198 e. The second-order valence-corrected chi connectivity index (χ2v) is 4.09. The number of hydrogen-bond acceptors (Lipinski definition) is 2. The molecule has 0 aliphatic carbocycles. The molecule has 0 heterocycles. The van der Waals surface area contributed by atoms with E-state index in [1.54, 1.807) is 6.07 Å². The molecule has 0 fully saturated rings. The molecule has 82 valence electrons. The van der Waals surface area contributed by atoms with E-state index in [0.29, 0.717) is 17.9 Å². The number of nitrogens with zero attached hydrogens (tertiary/aromatic N) is 2. The molecule has 0 spiro atoms. The zero-order chi connectivity index (χ0) is 12.0. The van der Waals surface area contributed by atoms with Crippen molar-refractivity contribution in [3.63, 3.8) is 0 Å². The molecule has 2 unspecified atom stereocenters. The summed E-state index contributed by atoms with van der Waals surface area (Å²) in [5.41, 5.74) is 1.78. The lowest BCUT2D eigenvalue weighted by Crippen LogP contribution is -2.08. The van der Waals surface area contributed by atoms with Crippen molar-refractivity contribution in [2.24, 2.45) is 5.92 Å². The molecule has 0 bridgehead atoms. The van der Waals surface area contributed by atoms with Crippen LogP contribution in [0.2, 0.25) is 0 Å². The van der Waals surface area contributed by atoms with Crippen molar-refractivity contribution >= 4 is 0 Å². The van der Waals surface area contributed by atoms with Gasteiger partial charge in [0.15, 0.2) is 0 Å². The first-order valence-electron chi connectivity index (χ1n) is 5.60.